The number of esters is 1. The van der Waals surface area contributed by atoms with E-state index in [4.69, 9.17) is 10.5 Å². The van der Waals surface area contributed by atoms with Crippen LogP contribution >= 0.6 is 0 Å². The van der Waals surface area contributed by atoms with E-state index in [9.17, 15) is 14.4 Å². The molecule has 0 bridgehead atoms. The van der Waals surface area contributed by atoms with Crippen molar-refractivity contribution in [2.45, 2.75) is 67.0 Å². The van der Waals surface area contributed by atoms with Gasteiger partial charge in [0, 0.05) is 29.7 Å². The summed E-state index contributed by atoms with van der Waals surface area (Å²) in [6.45, 7) is 13.3. The van der Waals surface area contributed by atoms with Crippen molar-refractivity contribution in [2.75, 3.05) is 6.61 Å². The number of allylic oxidation sites excluding steroid dienone is 3. The van der Waals surface area contributed by atoms with Gasteiger partial charge in [0.25, 0.3) is 0 Å². The minimum Gasteiger partial charge on any atom is -0.462 e. The number of benzene rings is 1. The molecule has 1 amide bonds. The molecule has 1 unspecified atom stereocenters. The molecule has 0 saturated carbocycles. The lowest BCUT2D eigenvalue weighted by Crippen LogP contribution is -2.35. The summed E-state index contributed by atoms with van der Waals surface area (Å²) in [4.78, 5) is 37.0. The fraction of sp³-hybridized carbons (Fsp3) is 0.387. The SMILES string of the molecule is CCC.CCOC(=O)c1cn2c(cc1=O)-c1cc3c(C4=CC=C4CC(N)=O)cccc3n1CC2C(C)(C)C. The minimum atomic E-state index is -0.598. The fourth-order valence-electron chi connectivity index (χ4n) is 5.14. The summed E-state index contributed by atoms with van der Waals surface area (Å²) in [5.41, 5.74) is 10.7. The van der Waals surface area contributed by atoms with E-state index in [1.807, 2.05) is 24.3 Å². The second-order valence-electron chi connectivity index (χ2n) is 10.9. The Morgan fingerprint density at radius 3 is 2.37 bits per heavy atom. The minimum absolute atomic E-state index is 0.00581. The van der Waals surface area contributed by atoms with Gasteiger partial charge in [-0.1, -0.05) is 65.3 Å². The predicted octanol–water partition coefficient (Wildman–Crippen LogP) is 5.86. The standard InChI is InChI=1S/C28H29N3O4.C3H8/c1-5-35-27(34)20-14-31-23(13-24(20)32)22-12-19-18(17-10-9-16(17)11-26(29)33)7-6-8-21(19)30(22)15-25(31)28(2,3)4;1-3-2/h6-10,12-14,25H,5,11,15H2,1-4H3,(H2,29,33);3H2,1-2H3. The van der Waals surface area contributed by atoms with Crippen LogP contribution in [0.5, 0.6) is 0 Å². The van der Waals surface area contributed by atoms with Crippen molar-refractivity contribution in [2.24, 2.45) is 11.1 Å². The Hall–Kier alpha value is -3.87. The quantitative estimate of drug-likeness (QED) is 0.430. The molecule has 38 heavy (non-hydrogen) atoms. The van der Waals surface area contributed by atoms with E-state index < -0.39 is 5.97 Å². The highest BCUT2D eigenvalue weighted by atomic mass is 16.5. The lowest BCUT2D eigenvalue weighted by molar-refractivity contribution is -0.117. The third-order valence-corrected chi connectivity index (χ3v) is 6.93. The van der Waals surface area contributed by atoms with E-state index in [2.05, 4.69) is 55.9 Å². The average molecular weight is 516 g/mol. The first kappa shape index (κ1) is 27.2. The Labute approximate surface area is 223 Å². The van der Waals surface area contributed by atoms with E-state index in [-0.39, 0.29) is 41.4 Å². The first-order valence-electron chi connectivity index (χ1n) is 13.3. The average Bonchev–Trinajstić information content (AvgIpc) is 3.21. The third kappa shape index (κ3) is 4.85. The molecule has 2 aliphatic rings. The van der Waals surface area contributed by atoms with Crippen molar-refractivity contribution in [1.29, 1.82) is 0 Å². The normalized spacial score (nSPS) is 15.8. The highest BCUT2D eigenvalue weighted by molar-refractivity contribution is 6.03. The first-order valence-corrected chi connectivity index (χ1v) is 13.3. The van der Waals surface area contributed by atoms with Crippen LogP contribution in [0, 0.1) is 5.41 Å². The zero-order chi connectivity index (χ0) is 27.8. The third-order valence-electron chi connectivity index (χ3n) is 6.93. The zero-order valence-electron chi connectivity index (χ0n) is 23.1. The summed E-state index contributed by atoms with van der Waals surface area (Å²) >= 11 is 0. The molecule has 1 aliphatic heterocycles. The first-order chi connectivity index (χ1) is 18.0. The second-order valence-corrected chi connectivity index (χ2v) is 10.9. The summed E-state index contributed by atoms with van der Waals surface area (Å²) < 4.78 is 9.45. The molecule has 2 aromatic heterocycles. The maximum Gasteiger partial charge on any atom is 0.343 e. The number of rotatable bonds is 5. The summed E-state index contributed by atoms with van der Waals surface area (Å²) in [5.74, 6) is -0.955. The van der Waals surface area contributed by atoms with E-state index in [1.54, 1.807) is 19.2 Å². The van der Waals surface area contributed by atoms with Crippen molar-refractivity contribution in [1.82, 2.24) is 9.13 Å². The van der Waals surface area contributed by atoms with Gasteiger partial charge in [-0.15, -0.1) is 0 Å². The molecule has 1 atom stereocenters. The molecule has 2 N–H and O–H groups in total. The van der Waals surface area contributed by atoms with Crippen LogP contribution in [0.2, 0.25) is 0 Å². The van der Waals surface area contributed by atoms with Gasteiger partial charge < -0.3 is 19.6 Å². The van der Waals surface area contributed by atoms with Crippen molar-refractivity contribution < 1.29 is 14.3 Å². The molecule has 0 radical (unpaired) electrons. The number of nitrogens with zero attached hydrogens (tertiary/aromatic N) is 2. The maximum absolute atomic E-state index is 13.0. The molecule has 200 valence electrons. The van der Waals surface area contributed by atoms with E-state index in [0.717, 1.165) is 39.0 Å². The molecule has 7 heteroatoms. The Balaban J connectivity index is 0.00000107. The molecule has 5 rings (SSSR count). The van der Waals surface area contributed by atoms with E-state index in [0.29, 0.717) is 6.54 Å². The largest absolute Gasteiger partial charge is 0.462 e. The number of hydrogen-bond acceptors (Lipinski definition) is 4. The molecule has 0 saturated heterocycles. The van der Waals surface area contributed by atoms with Crippen LogP contribution in [0.3, 0.4) is 0 Å². The highest BCUT2D eigenvalue weighted by Crippen LogP contribution is 2.44. The number of hydrogen-bond donors (Lipinski definition) is 1. The van der Waals surface area contributed by atoms with Gasteiger partial charge in [0.2, 0.25) is 5.91 Å². The number of pyridine rings is 1. The van der Waals surface area contributed by atoms with Crippen LogP contribution in [-0.4, -0.2) is 27.6 Å². The molecule has 1 aromatic carbocycles. The summed E-state index contributed by atoms with van der Waals surface area (Å²) in [7, 11) is 0. The zero-order valence-corrected chi connectivity index (χ0v) is 23.1. The van der Waals surface area contributed by atoms with E-state index in [1.165, 1.54) is 6.42 Å². The fourth-order valence-corrected chi connectivity index (χ4v) is 5.14. The van der Waals surface area contributed by atoms with Crippen molar-refractivity contribution in [3.8, 4) is 11.4 Å². The van der Waals surface area contributed by atoms with Crippen LogP contribution in [0.1, 0.15) is 76.3 Å². The predicted molar refractivity (Wildman–Crippen MR) is 152 cm³/mol. The van der Waals surface area contributed by atoms with Gasteiger partial charge in [-0.05, 0) is 41.2 Å². The van der Waals surface area contributed by atoms with E-state index >= 15 is 0 Å². The van der Waals surface area contributed by atoms with Gasteiger partial charge >= 0.3 is 5.97 Å². The van der Waals surface area contributed by atoms with Crippen LogP contribution in [0.25, 0.3) is 27.9 Å². The Kier molecular flexibility index (Phi) is 7.49. The smallest absolute Gasteiger partial charge is 0.343 e. The number of amides is 1. The van der Waals surface area contributed by atoms with Gasteiger partial charge in [0.15, 0.2) is 5.43 Å². The van der Waals surface area contributed by atoms with Gasteiger partial charge in [-0.2, -0.15) is 0 Å². The second kappa shape index (κ2) is 10.5. The lowest BCUT2D eigenvalue weighted by Gasteiger charge is -2.39. The summed E-state index contributed by atoms with van der Waals surface area (Å²) in [5, 5.41) is 1.05. The molecular formula is C31H37N3O4. The van der Waals surface area contributed by atoms with Gasteiger partial charge in [-0.3, -0.25) is 9.59 Å². The molecule has 1 aliphatic carbocycles. The summed E-state index contributed by atoms with van der Waals surface area (Å²) in [6, 6.07) is 9.80. The monoisotopic (exact) mass is 515 g/mol. The number of primary amides is 1. The summed E-state index contributed by atoms with van der Waals surface area (Å²) in [6.07, 6.45) is 7.05. The number of nitrogens with two attached hydrogens (primary N) is 1. The van der Waals surface area contributed by atoms with Crippen LogP contribution in [0.15, 0.2) is 59.0 Å². The van der Waals surface area contributed by atoms with Gasteiger partial charge in [-0.25, -0.2) is 4.79 Å². The van der Waals surface area contributed by atoms with Gasteiger partial charge in [0.05, 0.1) is 30.5 Å². The van der Waals surface area contributed by atoms with Crippen molar-refractivity contribution in [3.63, 3.8) is 0 Å². The van der Waals surface area contributed by atoms with Crippen molar-refractivity contribution in [3.05, 3.63) is 75.6 Å². The van der Waals surface area contributed by atoms with Gasteiger partial charge in [0.1, 0.15) is 5.56 Å². The van der Waals surface area contributed by atoms with Crippen molar-refractivity contribution >= 4 is 28.4 Å². The number of carbonyl (C=O) groups is 2. The van der Waals surface area contributed by atoms with Crippen LogP contribution in [0.4, 0.5) is 0 Å². The molecule has 3 aromatic rings. The number of fused-ring (bicyclic) bond motifs is 5. The molecule has 0 fully saturated rings. The Morgan fingerprint density at radius 1 is 1.08 bits per heavy atom. The highest BCUT2D eigenvalue weighted by Gasteiger charge is 2.35. The van der Waals surface area contributed by atoms with Crippen LogP contribution < -0.4 is 11.2 Å². The maximum atomic E-state index is 13.0. The molecule has 7 nitrogen and oxygen atoms in total. The topological polar surface area (TPSA) is 96.3 Å². The molecule has 0 spiro atoms. The number of ether oxygens (including phenoxy) is 1. The number of carbonyl (C=O) groups excluding carboxylic acids is 2. The number of aromatic nitrogens is 2. The Bertz CT molecular complexity index is 1530. The Morgan fingerprint density at radius 2 is 1.79 bits per heavy atom. The van der Waals surface area contributed by atoms with Crippen LogP contribution in [-0.2, 0) is 16.1 Å². The molecule has 3 heterocycles. The molecular weight excluding hydrogens is 478 g/mol. The lowest BCUT2D eigenvalue weighted by atomic mass is 9.85.